The molecule has 4 heteroatoms. The first-order valence-corrected chi connectivity index (χ1v) is 6.89. The highest BCUT2D eigenvalue weighted by Crippen LogP contribution is 2.27. The van der Waals surface area contributed by atoms with E-state index < -0.39 is 5.76 Å². The standard InChI is InChI=1S/C15H15F2NS/c1-11(12-5-3-2-4-6-12)18-13-7-9-14(10-8-13)19-15(16)17/h2-11,15,18H,1H3. The topological polar surface area (TPSA) is 12.0 Å². The van der Waals surface area contributed by atoms with E-state index >= 15 is 0 Å². The second kappa shape index (κ2) is 6.57. The Kier molecular flexibility index (Phi) is 4.80. The van der Waals surface area contributed by atoms with Crippen molar-refractivity contribution in [2.45, 2.75) is 23.6 Å². The van der Waals surface area contributed by atoms with Gasteiger partial charge in [-0.15, -0.1) is 0 Å². The fraction of sp³-hybridized carbons (Fsp3) is 0.200. The molecule has 0 radical (unpaired) electrons. The number of anilines is 1. The van der Waals surface area contributed by atoms with E-state index in [1.165, 1.54) is 5.56 Å². The van der Waals surface area contributed by atoms with Gasteiger partial charge in [-0.3, -0.25) is 0 Å². The summed E-state index contributed by atoms with van der Waals surface area (Å²) in [6, 6.07) is 17.3. The molecule has 100 valence electrons. The SMILES string of the molecule is CC(Nc1ccc(SC(F)F)cc1)c1ccccc1. The summed E-state index contributed by atoms with van der Waals surface area (Å²) >= 11 is 0.561. The van der Waals surface area contributed by atoms with Gasteiger partial charge in [-0.2, -0.15) is 8.78 Å². The van der Waals surface area contributed by atoms with Crippen LogP contribution < -0.4 is 5.32 Å². The summed E-state index contributed by atoms with van der Waals surface area (Å²) in [6.07, 6.45) is 0. The smallest absolute Gasteiger partial charge is 0.288 e. The van der Waals surface area contributed by atoms with E-state index in [9.17, 15) is 8.78 Å². The number of hydrogen-bond acceptors (Lipinski definition) is 2. The molecule has 2 rings (SSSR count). The molecule has 1 atom stereocenters. The minimum absolute atomic E-state index is 0.176. The Morgan fingerprint density at radius 1 is 0.947 bits per heavy atom. The van der Waals surface area contributed by atoms with Crippen LogP contribution in [0.5, 0.6) is 0 Å². The van der Waals surface area contributed by atoms with Crippen LogP contribution in [-0.4, -0.2) is 5.76 Å². The highest BCUT2D eigenvalue weighted by Gasteiger charge is 2.06. The normalized spacial score (nSPS) is 12.4. The summed E-state index contributed by atoms with van der Waals surface area (Å²) in [4.78, 5) is 0.577. The minimum Gasteiger partial charge on any atom is -0.379 e. The van der Waals surface area contributed by atoms with Crippen molar-refractivity contribution in [3.05, 3.63) is 60.2 Å². The molecule has 1 N–H and O–H groups in total. The van der Waals surface area contributed by atoms with Gasteiger partial charge in [0, 0.05) is 16.6 Å². The van der Waals surface area contributed by atoms with Gasteiger partial charge in [0.05, 0.1) is 0 Å². The molecule has 1 nitrogen and oxygen atoms in total. The van der Waals surface area contributed by atoms with Crippen LogP contribution in [0.25, 0.3) is 0 Å². The second-order valence-electron chi connectivity index (χ2n) is 4.18. The molecule has 0 aliphatic heterocycles. The van der Waals surface area contributed by atoms with Crippen LogP contribution in [0.1, 0.15) is 18.5 Å². The molecule has 2 aromatic carbocycles. The van der Waals surface area contributed by atoms with E-state index in [0.29, 0.717) is 16.7 Å². The molecule has 0 bridgehead atoms. The predicted molar refractivity (Wildman–Crippen MR) is 76.8 cm³/mol. The Balaban J connectivity index is 1.99. The molecule has 0 aliphatic carbocycles. The van der Waals surface area contributed by atoms with E-state index in [2.05, 4.69) is 24.4 Å². The zero-order valence-corrected chi connectivity index (χ0v) is 11.3. The molecule has 2 aromatic rings. The molecule has 0 saturated heterocycles. The first kappa shape index (κ1) is 13.9. The third-order valence-electron chi connectivity index (χ3n) is 2.76. The minimum atomic E-state index is -2.37. The molecule has 0 heterocycles. The van der Waals surface area contributed by atoms with Crippen molar-refractivity contribution in [2.24, 2.45) is 0 Å². The van der Waals surface area contributed by atoms with Gasteiger partial charge in [0.1, 0.15) is 0 Å². The van der Waals surface area contributed by atoms with E-state index in [1.54, 1.807) is 12.1 Å². The van der Waals surface area contributed by atoms with Crippen LogP contribution in [0.4, 0.5) is 14.5 Å². The van der Waals surface area contributed by atoms with Gasteiger partial charge in [0.25, 0.3) is 5.76 Å². The second-order valence-corrected chi connectivity index (χ2v) is 5.24. The van der Waals surface area contributed by atoms with Crippen LogP contribution in [0, 0.1) is 0 Å². The van der Waals surface area contributed by atoms with Crippen molar-refractivity contribution in [3.8, 4) is 0 Å². The number of benzene rings is 2. The monoisotopic (exact) mass is 279 g/mol. The lowest BCUT2D eigenvalue weighted by atomic mass is 10.1. The molecular formula is C15H15F2NS. The van der Waals surface area contributed by atoms with Crippen LogP contribution in [0.15, 0.2) is 59.5 Å². The van der Waals surface area contributed by atoms with E-state index in [4.69, 9.17) is 0 Å². The van der Waals surface area contributed by atoms with Crippen molar-refractivity contribution in [1.82, 2.24) is 0 Å². The number of alkyl halides is 2. The van der Waals surface area contributed by atoms with Crippen molar-refractivity contribution in [3.63, 3.8) is 0 Å². The van der Waals surface area contributed by atoms with Gasteiger partial charge in [-0.05, 0) is 36.8 Å². The molecular weight excluding hydrogens is 264 g/mol. The number of hydrogen-bond donors (Lipinski definition) is 1. The average Bonchev–Trinajstić information content (AvgIpc) is 2.41. The molecule has 0 aromatic heterocycles. The lowest BCUT2D eigenvalue weighted by Crippen LogP contribution is -2.06. The van der Waals surface area contributed by atoms with Crippen LogP contribution in [0.3, 0.4) is 0 Å². The van der Waals surface area contributed by atoms with Crippen molar-refractivity contribution in [1.29, 1.82) is 0 Å². The molecule has 19 heavy (non-hydrogen) atoms. The van der Waals surface area contributed by atoms with Gasteiger partial charge < -0.3 is 5.32 Å². The van der Waals surface area contributed by atoms with Crippen LogP contribution >= 0.6 is 11.8 Å². The van der Waals surface area contributed by atoms with Gasteiger partial charge in [-0.1, -0.05) is 42.1 Å². The van der Waals surface area contributed by atoms with E-state index in [-0.39, 0.29) is 6.04 Å². The van der Waals surface area contributed by atoms with Crippen molar-refractivity contribution in [2.75, 3.05) is 5.32 Å². The van der Waals surface area contributed by atoms with Gasteiger partial charge in [0.2, 0.25) is 0 Å². The maximum atomic E-state index is 12.2. The summed E-state index contributed by atoms with van der Waals surface area (Å²) in [5, 5.41) is 3.34. The third-order valence-corrected chi connectivity index (χ3v) is 3.48. The van der Waals surface area contributed by atoms with Gasteiger partial charge in [-0.25, -0.2) is 0 Å². The molecule has 0 aliphatic rings. The lowest BCUT2D eigenvalue weighted by molar-refractivity contribution is 0.252. The first-order valence-electron chi connectivity index (χ1n) is 6.01. The first-order chi connectivity index (χ1) is 9.15. The Hall–Kier alpha value is -1.55. The molecule has 0 amide bonds. The quantitative estimate of drug-likeness (QED) is 0.757. The highest BCUT2D eigenvalue weighted by atomic mass is 32.2. The Morgan fingerprint density at radius 3 is 2.16 bits per heavy atom. The molecule has 0 fully saturated rings. The van der Waals surface area contributed by atoms with E-state index in [1.807, 2.05) is 30.3 Å². The molecule has 0 saturated carbocycles. The fourth-order valence-corrected chi connectivity index (χ4v) is 2.31. The largest absolute Gasteiger partial charge is 0.379 e. The third kappa shape index (κ3) is 4.24. The Labute approximate surface area is 116 Å². The average molecular weight is 279 g/mol. The number of nitrogens with one attached hydrogen (secondary N) is 1. The summed E-state index contributed by atoms with van der Waals surface area (Å²) in [7, 11) is 0. The van der Waals surface area contributed by atoms with Gasteiger partial charge in [0.15, 0.2) is 0 Å². The van der Waals surface area contributed by atoms with Gasteiger partial charge >= 0.3 is 0 Å². The summed E-state index contributed by atoms with van der Waals surface area (Å²) in [5.74, 6) is -2.37. The molecule has 1 unspecified atom stereocenters. The predicted octanol–water partition coefficient (Wildman–Crippen LogP) is 5.17. The number of thioether (sulfide) groups is 1. The fourth-order valence-electron chi connectivity index (χ4n) is 1.81. The maximum absolute atomic E-state index is 12.2. The van der Waals surface area contributed by atoms with E-state index in [0.717, 1.165) is 5.69 Å². The maximum Gasteiger partial charge on any atom is 0.288 e. The summed E-state index contributed by atoms with van der Waals surface area (Å²) in [5.41, 5.74) is 2.11. The zero-order chi connectivity index (χ0) is 13.7. The highest BCUT2D eigenvalue weighted by molar-refractivity contribution is 7.99. The molecule has 0 spiro atoms. The van der Waals surface area contributed by atoms with Crippen molar-refractivity contribution >= 4 is 17.4 Å². The summed E-state index contributed by atoms with van der Waals surface area (Å²) in [6.45, 7) is 2.07. The number of halogens is 2. The Bertz CT molecular complexity index is 499. The van der Waals surface area contributed by atoms with Crippen LogP contribution in [-0.2, 0) is 0 Å². The zero-order valence-electron chi connectivity index (χ0n) is 10.5. The van der Waals surface area contributed by atoms with Crippen molar-refractivity contribution < 1.29 is 8.78 Å². The lowest BCUT2D eigenvalue weighted by Gasteiger charge is -2.15. The number of rotatable bonds is 5. The van der Waals surface area contributed by atoms with Crippen LogP contribution in [0.2, 0.25) is 0 Å². The Morgan fingerprint density at radius 2 is 1.58 bits per heavy atom. The summed E-state index contributed by atoms with van der Waals surface area (Å²) < 4.78 is 24.4.